The normalized spacial score (nSPS) is 13.7. The van der Waals surface area contributed by atoms with Gasteiger partial charge in [-0.3, -0.25) is 0 Å². The van der Waals surface area contributed by atoms with Gasteiger partial charge in [-0.1, -0.05) is 140 Å². The summed E-state index contributed by atoms with van der Waals surface area (Å²) < 4.78 is 0. The first-order valence-corrected chi connectivity index (χ1v) is 17.5. The van der Waals surface area contributed by atoms with Crippen LogP contribution in [0.4, 0.5) is 0 Å². The maximum Gasteiger partial charge on any atom is 0.160 e. The minimum atomic E-state index is -0.0676. The summed E-state index contributed by atoms with van der Waals surface area (Å²) in [5.41, 5.74) is 12.7. The van der Waals surface area contributed by atoms with Gasteiger partial charge in [-0.25, -0.2) is 9.97 Å². The molecule has 2 aliphatic rings. The van der Waals surface area contributed by atoms with Gasteiger partial charge in [0.25, 0.3) is 0 Å². The first-order chi connectivity index (χ1) is 23.0. The molecule has 6 aromatic carbocycles. The molecule has 2 heterocycles. The third-order valence-electron chi connectivity index (χ3n) is 9.35. The third kappa shape index (κ3) is 4.91. The summed E-state index contributed by atoms with van der Waals surface area (Å²) in [6.45, 7) is 4.72. The van der Waals surface area contributed by atoms with Crippen LogP contribution < -0.4 is 0 Å². The number of benzene rings is 6. The Balaban J connectivity index is 1.13. The number of fused-ring (bicyclic) bond motifs is 5. The van der Waals surface area contributed by atoms with Crippen LogP contribution in [0.3, 0.4) is 0 Å². The Morgan fingerprint density at radius 1 is 0.404 bits per heavy atom. The van der Waals surface area contributed by atoms with E-state index in [9.17, 15) is 0 Å². The Labute approximate surface area is 284 Å². The lowest BCUT2D eigenvalue weighted by Gasteiger charge is -2.24. The Morgan fingerprint density at radius 3 is 1.60 bits per heavy atom. The Bertz CT molecular complexity index is 2270. The molecule has 0 bridgehead atoms. The van der Waals surface area contributed by atoms with E-state index in [1.54, 1.807) is 0 Å². The van der Waals surface area contributed by atoms with E-state index in [0.29, 0.717) is 0 Å². The lowest BCUT2D eigenvalue weighted by molar-refractivity contribution is 0.657. The summed E-state index contributed by atoms with van der Waals surface area (Å²) in [5.74, 6) is 0.723. The molecule has 0 N–H and O–H groups in total. The molecule has 4 heteroatoms. The van der Waals surface area contributed by atoms with Crippen LogP contribution in [0.25, 0.3) is 56.2 Å². The van der Waals surface area contributed by atoms with Crippen molar-refractivity contribution < 1.29 is 0 Å². The molecule has 0 atom stereocenters. The largest absolute Gasteiger partial charge is 0.228 e. The van der Waals surface area contributed by atoms with E-state index in [1.807, 2.05) is 35.7 Å². The number of rotatable bonds is 4. The molecule has 0 radical (unpaired) electrons. The fourth-order valence-corrected chi connectivity index (χ4v) is 9.16. The molecule has 0 amide bonds. The van der Waals surface area contributed by atoms with Crippen LogP contribution in [-0.2, 0) is 5.41 Å². The van der Waals surface area contributed by atoms with Gasteiger partial charge < -0.3 is 0 Å². The van der Waals surface area contributed by atoms with E-state index >= 15 is 0 Å². The first-order valence-electron chi connectivity index (χ1n) is 15.9. The average Bonchev–Trinajstić information content (AvgIpc) is 3.35. The molecule has 0 spiro atoms. The van der Waals surface area contributed by atoms with Gasteiger partial charge in [0.05, 0.1) is 11.4 Å². The van der Waals surface area contributed by atoms with Gasteiger partial charge in [-0.2, -0.15) is 0 Å². The van der Waals surface area contributed by atoms with Crippen molar-refractivity contribution in [3.63, 3.8) is 0 Å². The summed E-state index contributed by atoms with van der Waals surface area (Å²) in [5, 5.41) is 0. The minimum absolute atomic E-state index is 0.0676. The van der Waals surface area contributed by atoms with Crippen molar-refractivity contribution in [2.45, 2.75) is 38.8 Å². The van der Waals surface area contributed by atoms with Crippen molar-refractivity contribution in [2.24, 2.45) is 0 Å². The molecule has 7 aromatic rings. The quantitative estimate of drug-likeness (QED) is 0.192. The highest BCUT2D eigenvalue weighted by Crippen LogP contribution is 2.56. The molecule has 0 saturated heterocycles. The molecule has 0 unspecified atom stereocenters. The van der Waals surface area contributed by atoms with E-state index in [0.717, 1.165) is 39.5 Å². The molecule has 9 rings (SSSR count). The summed E-state index contributed by atoms with van der Waals surface area (Å²) >= 11 is 3.78. The van der Waals surface area contributed by atoms with Crippen LogP contribution in [0.1, 0.15) is 25.0 Å². The molecular formula is C43H30N2S2. The molecule has 1 aromatic heterocycles. The highest BCUT2D eigenvalue weighted by atomic mass is 32.2. The van der Waals surface area contributed by atoms with Crippen LogP contribution in [0.15, 0.2) is 165 Å². The Kier molecular flexibility index (Phi) is 6.70. The van der Waals surface area contributed by atoms with Gasteiger partial charge in [0.2, 0.25) is 0 Å². The fourth-order valence-electron chi connectivity index (χ4n) is 6.88. The summed E-state index contributed by atoms with van der Waals surface area (Å²) in [6.07, 6.45) is 0. The molecule has 2 nitrogen and oxygen atoms in total. The van der Waals surface area contributed by atoms with E-state index < -0.39 is 0 Å². The van der Waals surface area contributed by atoms with Crippen molar-refractivity contribution in [2.75, 3.05) is 0 Å². The summed E-state index contributed by atoms with van der Waals surface area (Å²) in [7, 11) is 0. The van der Waals surface area contributed by atoms with Crippen LogP contribution >= 0.6 is 23.5 Å². The number of hydrogen-bond acceptors (Lipinski definition) is 4. The van der Waals surface area contributed by atoms with Gasteiger partial charge in [0.1, 0.15) is 0 Å². The van der Waals surface area contributed by atoms with Crippen molar-refractivity contribution >= 4 is 23.5 Å². The first kappa shape index (κ1) is 28.3. The van der Waals surface area contributed by atoms with Crippen molar-refractivity contribution in [3.8, 4) is 56.2 Å². The molecule has 0 fully saturated rings. The lowest BCUT2D eigenvalue weighted by atomic mass is 9.82. The minimum Gasteiger partial charge on any atom is -0.228 e. The topological polar surface area (TPSA) is 25.8 Å². The number of hydrogen-bond donors (Lipinski definition) is 0. The second-order valence-corrected chi connectivity index (χ2v) is 14.8. The van der Waals surface area contributed by atoms with E-state index in [1.165, 1.54) is 47.4 Å². The third-order valence-corrected chi connectivity index (χ3v) is 11.9. The molecule has 0 saturated carbocycles. The monoisotopic (exact) mass is 638 g/mol. The predicted molar refractivity (Wildman–Crippen MR) is 196 cm³/mol. The van der Waals surface area contributed by atoms with E-state index in [2.05, 4.69) is 147 Å². The van der Waals surface area contributed by atoms with Crippen molar-refractivity contribution in [1.82, 2.24) is 9.97 Å². The van der Waals surface area contributed by atoms with Crippen LogP contribution in [0.5, 0.6) is 0 Å². The molecule has 47 heavy (non-hydrogen) atoms. The van der Waals surface area contributed by atoms with Gasteiger partial charge in [0, 0.05) is 41.7 Å². The molecule has 1 aliphatic carbocycles. The van der Waals surface area contributed by atoms with Gasteiger partial charge in [0.15, 0.2) is 5.82 Å². The summed E-state index contributed by atoms with van der Waals surface area (Å²) in [6, 6.07) is 52.1. The molecule has 1 aliphatic heterocycles. The van der Waals surface area contributed by atoms with E-state index in [-0.39, 0.29) is 5.41 Å². The second kappa shape index (κ2) is 11.1. The molecular weight excluding hydrogens is 609 g/mol. The summed E-state index contributed by atoms with van der Waals surface area (Å²) in [4.78, 5) is 15.5. The van der Waals surface area contributed by atoms with Crippen LogP contribution in [0, 0.1) is 0 Å². The van der Waals surface area contributed by atoms with Gasteiger partial charge in [-0.15, -0.1) is 0 Å². The highest BCUT2D eigenvalue weighted by Gasteiger charge is 2.37. The highest BCUT2D eigenvalue weighted by molar-refractivity contribution is 8.05. The SMILES string of the molecule is CC1(C)c2ccc(-c3cccc(-c4nc(-c5ccccc5)cc(-c5ccccc5)n4)c3)cc2-c2cc3c(cc21)Sc1ccccc1S3. The maximum atomic E-state index is 5.08. The zero-order valence-electron chi connectivity index (χ0n) is 26.1. The van der Waals surface area contributed by atoms with Crippen molar-refractivity contribution in [3.05, 3.63) is 157 Å². The van der Waals surface area contributed by atoms with Crippen molar-refractivity contribution in [1.29, 1.82) is 0 Å². The fraction of sp³-hybridized carbons (Fsp3) is 0.0698. The van der Waals surface area contributed by atoms with Crippen LogP contribution in [-0.4, -0.2) is 9.97 Å². The maximum absolute atomic E-state index is 5.08. The number of nitrogens with zero attached hydrogens (tertiary/aromatic N) is 2. The average molecular weight is 639 g/mol. The number of aromatic nitrogens is 2. The Hall–Kier alpha value is -4.90. The van der Waals surface area contributed by atoms with Gasteiger partial charge in [-0.05, 0) is 75.8 Å². The lowest BCUT2D eigenvalue weighted by Crippen LogP contribution is -2.15. The second-order valence-electron chi connectivity index (χ2n) is 12.7. The smallest absolute Gasteiger partial charge is 0.160 e. The molecule has 224 valence electrons. The van der Waals surface area contributed by atoms with Gasteiger partial charge >= 0.3 is 0 Å². The zero-order chi connectivity index (χ0) is 31.5. The predicted octanol–water partition coefficient (Wildman–Crippen LogP) is 12.1. The van der Waals surface area contributed by atoms with E-state index in [4.69, 9.17) is 9.97 Å². The standard InChI is InChI=1S/C43H30N2S2/c1-43(2)34-21-20-30(23-32(34)33-24-40-41(25-35(33)43)47-39-19-10-9-18-38(39)46-40)29-16-11-17-31(22-29)42-44-36(27-12-5-3-6-13-27)26-37(45-42)28-14-7-4-8-15-28/h3-26H,1-2H3. The Morgan fingerprint density at radius 2 is 0.936 bits per heavy atom. The van der Waals surface area contributed by atoms with Crippen LogP contribution in [0.2, 0.25) is 0 Å². The zero-order valence-corrected chi connectivity index (χ0v) is 27.7.